The first-order chi connectivity index (χ1) is 9.01. The molecule has 0 saturated heterocycles. The van der Waals surface area contributed by atoms with Crippen molar-refractivity contribution in [3.8, 4) is 6.07 Å². The highest BCUT2D eigenvalue weighted by Gasteiger charge is 2.37. The summed E-state index contributed by atoms with van der Waals surface area (Å²) < 4.78 is 1.86. The molecule has 1 aromatic rings. The molecule has 4 heteroatoms. The van der Waals surface area contributed by atoms with E-state index in [0.717, 1.165) is 48.5 Å². The van der Waals surface area contributed by atoms with Crippen molar-refractivity contribution in [2.75, 3.05) is 0 Å². The molecule has 1 aliphatic rings. The van der Waals surface area contributed by atoms with Gasteiger partial charge in [0.15, 0.2) is 0 Å². The van der Waals surface area contributed by atoms with Gasteiger partial charge in [-0.15, -0.1) is 0 Å². The third-order valence-electron chi connectivity index (χ3n) is 4.34. The number of nitriles is 1. The number of rotatable bonds is 3. The fourth-order valence-electron chi connectivity index (χ4n) is 3.29. The molecule has 0 amide bonds. The van der Waals surface area contributed by atoms with Crippen LogP contribution in [0, 0.1) is 22.7 Å². The van der Waals surface area contributed by atoms with Gasteiger partial charge in [-0.1, -0.05) is 38.3 Å². The summed E-state index contributed by atoms with van der Waals surface area (Å²) in [5.41, 5.74) is 1.71. The highest BCUT2D eigenvalue weighted by molar-refractivity contribution is 6.31. The van der Waals surface area contributed by atoms with E-state index in [2.05, 4.69) is 25.0 Å². The van der Waals surface area contributed by atoms with Crippen molar-refractivity contribution in [3.63, 3.8) is 0 Å². The highest BCUT2D eigenvalue weighted by Crippen LogP contribution is 2.42. The van der Waals surface area contributed by atoms with Gasteiger partial charge in [0, 0.05) is 13.5 Å². The van der Waals surface area contributed by atoms with Gasteiger partial charge in [0.25, 0.3) is 0 Å². The third kappa shape index (κ3) is 2.79. The van der Waals surface area contributed by atoms with Crippen LogP contribution in [-0.2, 0) is 19.9 Å². The number of nitrogens with zero attached hydrogens (tertiary/aromatic N) is 3. The first-order valence-electron chi connectivity index (χ1n) is 7.13. The highest BCUT2D eigenvalue weighted by atomic mass is 35.5. The van der Waals surface area contributed by atoms with Crippen LogP contribution in [0.25, 0.3) is 0 Å². The fourth-order valence-corrected chi connectivity index (χ4v) is 3.65. The predicted molar refractivity (Wildman–Crippen MR) is 77.0 cm³/mol. The molecule has 2 unspecified atom stereocenters. The molecule has 1 heterocycles. The summed E-state index contributed by atoms with van der Waals surface area (Å²) in [6.45, 7) is 4.30. The van der Waals surface area contributed by atoms with Crippen LogP contribution in [0.4, 0.5) is 0 Å². The lowest BCUT2D eigenvalue weighted by Gasteiger charge is -2.34. The second-order valence-electron chi connectivity index (χ2n) is 5.95. The average Bonchev–Trinajstić information content (AvgIpc) is 2.66. The standard InChI is InChI=1S/C15H22ClN3/c1-4-12-14(16)13(19(3)18-12)9-15(10-17)7-5-6-11(2)8-15/h11H,4-9H2,1-3H3. The molecule has 1 aromatic heterocycles. The van der Waals surface area contributed by atoms with E-state index in [0.29, 0.717) is 5.92 Å². The first kappa shape index (κ1) is 14.4. The molecule has 2 atom stereocenters. The summed E-state index contributed by atoms with van der Waals surface area (Å²) in [6.07, 6.45) is 5.91. The van der Waals surface area contributed by atoms with Gasteiger partial charge >= 0.3 is 0 Å². The zero-order valence-corrected chi connectivity index (χ0v) is 12.8. The Kier molecular flexibility index (Phi) is 4.20. The lowest BCUT2D eigenvalue weighted by molar-refractivity contribution is 0.206. The lowest BCUT2D eigenvalue weighted by Crippen LogP contribution is -2.29. The molecule has 0 N–H and O–H groups in total. The summed E-state index contributed by atoms with van der Waals surface area (Å²) in [7, 11) is 1.93. The number of aryl methyl sites for hydroxylation is 2. The predicted octanol–water partition coefficient (Wildman–Crippen LogP) is 3.90. The maximum atomic E-state index is 9.64. The van der Waals surface area contributed by atoms with E-state index >= 15 is 0 Å². The zero-order chi connectivity index (χ0) is 14.0. The maximum Gasteiger partial charge on any atom is 0.0850 e. The molecular formula is C15H22ClN3. The Morgan fingerprint density at radius 2 is 2.32 bits per heavy atom. The van der Waals surface area contributed by atoms with Crippen LogP contribution in [0.1, 0.15) is 50.9 Å². The van der Waals surface area contributed by atoms with Crippen LogP contribution in [0.3, 0.4) is 0 Å². The van der Waals surface area contributed by atoms with Gasteiger partial charge in [0.2, 0.25) is 0 Å². The molecule has 1 fully saturated rings. The van der Waals surface area contributed by atoms with Gasteiger partial charge in [-0.05, 0) is 25.2 Å². The van der Waals surface area contributed by atoms with Crippen molar-refractivity contribution in [1.82, 2.24) is 9.78 Å². The van der Waals surface area contributed by atoms with E-state index in [9.17, 15) is 5.26 Å². The molecule has 0 radical (unpaired) electrons. The first-order valence-corrected chi connectivity index (χ1v) is 7.50. The minimum Gasteiger partial charge on any atom is -0.271 e. The number of halogens is 1. The Morgan fingerprint density at radius 3 is 2.84 bits per heavy atom. The van der Waals surface area contributed by atoms with E-state index in [-0.39, 0.29) is 5.41 Å². The van der Waals surface area contributed by atoms with Crippen molar-refractivity contribution in [1.29, 1.82) is 5.26 Å². The summed E-state index contributed by atoms with van der Waals surface area (Å²) in [5.74, 6) is 0.631. The summed E-state index contributed by atoms with van der Waals surface area (Å²) in [4.78, 5) is 0. The minimum atomic E-state index is -0.250. The normalized spacial score (nSPS) is 27.2. The second kappa shape index (κ2) is 5.54. The maximum absolute atomic E-state index is 9.64. The molecule has 1 saturated carbocycles. The SMILES string of the molecule is CCc1nn(C)c(CC2(C#N)CCCC(C)C2)c1Cl. The van der Waals surface area contributed by atoms with Crippen molar-refractivity contribution in [3.05, 3.63) is 16.4 Å². The molecule has 0 bridgehead atoms. The van der Waals surface area contributed by atoms with E-state index < -0.39 is 0 Å². The Morgan fingerprint density at radius 1 is 1.58 bits per heavy atom. The largest absolute Gasteiger partial charge is 0.271 e. The Bertz CT molecular complexity index is 500. The van der Waals surface area contributed by atoms with Gasteiger partial charge in [-0.25, -0.2) is 0 Å². The Hall–Kier alpha value is -1.01. The zero-order valence-electron chi connectivity index (χ0n) is 12.0. The Labute approximate surface area is 120 Å². The molecule has 2 rings (SSSR count). The second-order valence-corrected chi connectivity index (χ2v) is 6.33. The summed E-state index contributed by atoms with van der Waals surface area (Å²) >= 11 is 6.41. The monoisotopic (exact) mass is 279 g/mol. The Balaban J connectivity index is 2.28. The van der Waals surface area contributed by atoms with Crippen molar-refractivity contribution in [2.45, 2.75) is 52.4 Å². The van der Waals surface area contributed by atoms with Crippen LogP contribution in [-0.4, -0.2) is 9.78 Å². The van der Waals surface area contributed by atoms with Crippen molar-refractivity contribution in [2.24, 2.45) is 18.4 Å². The lowest BCUT2D eigenvalue weighted by atomic mass is 9.68. The van der Waals surface area contributed by atoms with Crippen LogP contribution >= 0.6 is 11.6 Å². The third-order valence-corrected chi connectivity index (χ3v) is 4.77. The molecule has 1 aliphatic carbocycles. The fraction of sp³-hybridized carbons (Fsp3) is 0.733. The van der Waals surface area contributed by atoms with Crippen molar-refractivity contribution < 1.29 is 0 Å². The average molecular weight is 280 g/mol. The molecule has 0 aromatic carbocycles. The molecule has 104 valence electrons. The van der Waals surface area contributed by atoms with E-state index in [1.807, 2.05) is 11.7 Å². The summed E-state index contributed by atoms with van der Waals surface area (Å²) in [5, 5.41) is 14.9. The quantitative estimate of drug-likeness (QED) is 0.842. The van der Waals surface area contributed by atoms with Gasteiger partial charge in [0.1, 0.15) is 0 Å². The number of hydrogen-bond acceptors (Lipinski definition) is 2. The summed E-state index contributed by atoms with van der Waals surface area (Å²) in [6, 6.07) is 2.58. The van der Waals surface area contributed by atoms with Crippen LogP contribution in [0.5, 0.6) is 0 Å². The molecule has 19 heavy (non-hydrogen) atoms. The van der Waals surface area contributed by atoms with Crippen LogP contribution < -0.4 is 0 Å². The number of aromatic nitrogens is 2. The van der Waals surface area contributed by atoms with E-state index in [4.69, 9.17) is 11.6 Å². The van der Waals surface area contributed by atoms with Gasteiger partial charge < -0.3 is 0 Å². The van der Waals surface area contributed by atoms with Gasteiger partial charge in [-0.3, -0.25) is 4.68 Å². The van der Waals surface area contributed by atoms with Crippen molar-refractivity contribution >= 4 is 11.6 Å². The molecular weight excluding hydrogens is 258 g/mol. The topological polar surface area (TPSA) is 41.6 Å². The molecule has 0 aliphatic heterocycles. The van der Waals surface area contributed by atoms with E-state index in [1.54, 1.807) is 0 Å². The van der Waals surface area contributed by atoms with Gasteiger partial charge in [-0.2, -0.15) is 10.4 Å². The minimum absolute atomic E-state index is 0.250. The van der Waals surface area contributed by atoms with Crippen LogP contribution in [0.2, 0.25) is 5.02 Å². The van der Waals surface area contributed by atoms with Crippen LogP contribution in [0.15, 0.2) is 0 Å². The smallest absolute Gasteiger partial charge is 0.0850 e. The van der Waals surface area contributed by atoms with E-state index in [1.165, 1.54) is 6.42 Å². The van der Waals surface area contributed by atoms with Gasteiger partial charge in [0.05, 0.1) is 27.9 Å². The molecule has 0 spiro atoms. The number of hydrogen-bond donors (Lipinski definition) is 0. The molecule has 3 nitrogen and oxygen atoms in total.